The molecule has 2 atom stereocenters. The van der Waals surface area contributed by atoms with E-state index in [0.29, 0.717) is 25.5 Å². The zero-order valence-electron chi connectivity index (χ0n) is 14.8. The summed E-state index contributed by atoms with van der Waals surface area (Å²) in [4.78, 5) is 11.1. The quantitative estimate of drug-likeness (QED) is 0.604. The number of hydrogen-bond acceptors (Lipinski definition) is 5. The monoisotopic (exact) mass is 302 g/mol. The second-order valence-electron chi connectivity index (χ2n) is 7.13. The van der Waals surface area contributed by atoms with Crippen LogP contribution in [0.2, 0.25) is 0 Å². The number of ether oxygens (including phenoxy) is 2. The van der Waals surface area contributed by atoms with Gasteiger partial charge in [0.25, 0.3) is 0 Å². The number of nitrogens with two attached hydrogens (primary N) is 1. The van der Waals surface area contributed by atoms with Crippen molar-refractivity contribution in [3.8, 4) is 0 Å². The molecule has 0 fully saturated rings. The first-order chi connectivity index (χ1) is 9.50. The lowest BCUT2D eigenvalue weighted by atomic mass is 9.89. The fourth-order valence-corrected chi connectivity index (χ4v) is 2.16. The van der Waals surface area contributed by atoms with Gasteiger partial charge in [-0.3, -0.25) is 4.79 Å². The molecule has 0 radical (unpaired) electrons. The van der Waals surface area contributed by atoms with Gasteiger partial charge in [0, 0.05) is 18.1 Å². The van der Waals surface area contributed by atoms with E-state index in [9.17, 15) is 4.79 Å². The van der Waals surface area contributed by atoms with Crippen molar-refractivity contribution in [1.29, 1.82) is 0 Å². The molecule has 0 saturated heterocycles. The maximum absolute atomic E-state index is 11.1. The second-order valence-corrected chi connectivity index (χ2v) is 7.13. The molecule has 3 N–H and O–H groups in total. The number of carbonyl (C=O) groups is 1. The van der Waals surface area contributed by atoms with Crippen molar-refractivity contribution < 1.29 is 14.3 Å². The number of methoxy groups -OCH3 is 1. The summed E-state index contributed by atoms with van der Waals surface area (Å²) in [6, 6.07) is 0.126. The zero-order chi connectivity index (χ0) is 16.7. The van der Waals surface area contributed by atoms with Crippen LogP contribution in [0.5, 0.6) is 0 Å². The summed E-state index contributed by atoms with van der Waals surface area (Å²) in [6.07, 6.45) is 1.21. The first kappa shape index (κ1) is 20.3. The highest BCUT2D eigenvalue weighted by atomic mass is 16.5. The van der Waals surface area contributed by atoms with Crippen LogP contribution in [0.15, 0.2) is 0 Å². The SMILES string of the molecule is COC(=O)CCNC(C)(C)C(C)COC(C)(C)CC(C)N. The van der Waals surface area contributed by atoms with Gasteiger partial charge in [-0.1, -0.05) is 6.92 Å². The third kappa shape index (κ3) is 9.06. The van der Waals surface area contributed by atoms with Gasteiger partial charge in [0.15, 0.2) is 0 Å². The van der Waals surface area contributed by atoms with Gasteiger partial charge >= 0.3 is 5.97 Å². The molecule has 0 amide bonds. The predicted molar refractivity (Wildman–Crippen MR) is 86.2 cm³/mol. The average molecular weight is 302 g/mol. The van der Waals surface area contributed by atoms with Crippen molar-refractivity contribution in [1.82, 2.24) is 5.32 Å². The van der Waals surface area contributed by atoms with Crippen molar-refractivity contribution >= 4 is 5.97 Å². The Bertz CT molecular complexity index is 315. The predicted octanol–water partition coefficient (Wildman–Crippen LogP) is 2.09. The first-order valence-corrected chi connectivity index (χ1v) is 7.71. The molecule has 0 bridgehead atoms. The molecule has 0 spiro atoms. The van der Waals surface area contributed by atoms with Crippen LogP contribution in [0.25, 0.3) is 0 Å². The lowest BCUT2D eigenvalue weighted by Crippen LogP contribution is -2.48. The number of hydrogen-bond donors (Lipinski definition) is 2. The van der Waals surface area contributed by atoms with Crippen molar-refractivity contribution in [3.63, 3.8) is 0 Å². The topological polar surface area (TPSA) is 73.6 Å². The Kier molecular flexibility index (Phi) is 8.44. The molecule has 126 valence electrons. The summed E-state index contributed by atoms with van der Waals surface area (Å²) >= 11 is 0. The van der Waals surface area contributed by atoms with Gasteiger partial charge in [-0.25, -0.2) is 0 Å². The molecule has 0 aliphatic rings. The number of carbonyl (C=O) groups excluding carboxylic acids is 1. The Hall–Kier alpha value is -0.650. The fraction of sp³-hybridized carbons (Fsp3) is 0.938. The third-order valence-electron chi connectivity index (χ3n) is 3.91. The van der Waals surface area contributed by atoms with Gasteiger partial charge in [0.2, 0.25) is 0 Å². The van der Waals surface area contributed by atoms with Crippen LogP contribution in [0.1, 0.15) is 54.4 Å². The van der Waals surface area contributed by atoms with Crippen molar-refractivity contribution in [2.24, 2.45) is 11.7 Å². The zero-order valence-corrected chi connectivity index (χ0v) is 14.8. The summed E-state index contributed by atoms with van der Waals surface area (Å²) < 4.78 is 10.7. The van der Waals surface area contributed by atoms with Gasteiger partial charge in [-0.15, -0.1) is 0 Å². The molecule has 0 heterocycles. The first-order valence-electron chi connectivity index (χ1n) is 7.71. The summed E-state index contributed by atoms with van der Waals surface area (Å²) in [7, 11) is 1.41. The molecule has 5 heteroatoms. The Balaban J connectivity index is 4.23. The van der Waals surface area contributed by atoms with E-state index in [1.165, 1.54) is 7.11 Å². The van der Waals surface area contributed by atoms with Crippen molar-refractivity contribution in [3.05, 3.63) is 0 Å². The highest BCUT2D eigenvalue weighted by Gasteiger charge is 2.28. The molecule has 0 aromatic rings. The van der Waals surface area contributed by atoms with E-state index in [0.717, 1.165) is 6.42 Å². The minimum Gasteiger partial charge on any atom is -0.469 e. The van der Waals surface area contributed by atoms with Crippen LogP contribution in [0.4, 0.5) is 0 Å². The molecular weight excluding hydrogens is 268 g/mol. The number of esters is 1. The number of nitrogens with one attached hydrogen (secondary N) is 1. The highest BCUT2D eigenvalue weighted by molar-refractivity contribution is 5.69. The minimum atomic E-state index is -0.218. The maximum Gasteiger partial charge on any atom is 0.306 e. The van der Waals surface area contributed by atoms with Gasteiger partial charge in [0.1, 0.15) is 0 Å². The Labute approximate surface area is 129 Å². The summed E-state index contributed by atoms with van der Waals surface area (Å²) in [6.45, 7) is 13.8. The normalized spacial score (nSPS) is 15.6. The van der Waals surface area contributed by atoms with Gasteiger partial charge in [-0.05, 0) is 47.0 Å². The minimum absolute atomic E-state index is 0.113. The van der Waals surface area contributed by atoms with E-state index in [-0.39, 0.29) is 23.2 Å². The second kappa shape index (κ2) is 8.71. The van der Waals surface area contributed by atoms with Crippen LogP contribution in [-0.2, 0) is 14.3 Å². The molecular formula is C16H34N2O3. The van der Waals surface area contributed by atoms with E-state index >= 15 is 0 Å². The standard InChI is InChI=1S/C16H34N2O3/c1-12(11-21-15(3,4)10-13(2)17)16(5,6)18-9-8-14(19)20-7/h12-13,18H,8-11,17H2,1-7H3. The average Bonchev–Trinajstić information content (AvgIpc) is 2.33. The Morgan fingerprint density at radius 1 is 1.24 bits per heavy atom. The molecule has 0 rings (SSSR count). The number of rotatable bonds is 10. The van der Waals surface area contributed by atoms with E-state index in [2.05, 4.69) is 44.7 Å². The molecule has 2 unspecified atom stereocenters. The fourth-order valence-electron chi connectivity index (χ4n) is 2.16. The van der Waals surface area contributed by atoms with Gasteiger partial charge in [0.05, 0.1) is 25.7 Å². The van der Waals surface area contributed by atoms with E-state index in [1.807, 2.05) is 6.92 Å². The lowest BCUT2D eigenvalue weighted by Gasteiger charge is -2.36. The van der Waals surface area contributed by atoms with Crippen molar-refractivity contribution in [2.75, 3.05) is 20.3 Å². The van der Waals surface area contributed by atoms with Gasteiger partial charge in [-0.2, -0.15) is 0 Å². The molecule has 21 heavy (non-hydrogen) atoms. The summed E-state index contributed by atoms with van der Waals surface area (Å²) in [5.41, 5.74) is 5.51. The summed E-state index contributed by atoms with van der Waals surface area (Å²) in [5, 5.41) is 3.40. The Morgan fingerprint density at radius 2 is 1.81 bits per heavy atom. The summed E-state index contributed by atoms with van der Waals surface area (Å²) in [5.74, 6) is 0.114. The van der Waals surface area contributed by atoms with Crippen molar-refractivity contribution in [2.45, 2.75) is 71.6 Å². The largest absolute Gasteiger partial charge is 0.469 e. The Morgan fingerprint density at radius 3 is 2.29 bits per heavy atom. The molecule has 0 saturated carbocycles. The molecule has 5 nitrogen and oxygen atoms in total. The molecule has 0 aliphatic heterocycles. The molecule has 0 aliphatic carbocycles. The van der Waals surface area contributed by atoms with E-state index in [1.54, 1.807) is 0 Å². The maximum atomic E-state index is 11.1. The van der Waals surface area contributed by atoms with E-state index in [4.69, 9.17) is 10.5 Å². The smallest absolute Gasteiger partial charge is 0.306 e. The third-order valence-corrected chi connectivity index (χ3v) is 3.91. The van der Waals surface area contributed by atoms with Crippen LogP contribution in [-0.4, -0.2) is 43.4 Å². The van der Waals surface area contributed by atoms with Gasteiger partial charge < -0.3 is 20.5 Å². The highest BCUT2D eigenvalue weighted by Crippen LogP contribution is 2.22. The molecule has 0 aromatic carbocycles. The van der Waals surface area contributed by atoms with E-state index < -0.39 is 0 Å². The van der Waals surface area contributed by atoms with Crippen LogP contribution >= 0.6 is 0 Å². The van der Waals surface area contributed by atoms with Crippen LogP contribution in [0, 0.1) is 5.92 Å². The lowest BCUT2D eigenvalue weighted by molar-refractivity contribution is -0.140. The van der Waals surface area contributed by atoms with Crippen LogP contribution < -0.4 is 11.1 Å². The van der Waals surface area contributed by atoms with Crippen LogP contribution in [0.3, 0.4) is 0 Å². The molecule has 0 aromatic heterocycles.